The number of hydrogen-bond acceptors (Lipinski definition) is 2. The van der Waals surface area contributed by atoms with E-state index >= 15 is 0 Å². The van der Waals surface area contributed by atoms with Crippen LogP contribution in [0.4, 0.5) is 0 Å². The van der Waals surface area contributed by atoms with Gasteiger partial charge in [-0.15, -0.1) is 0 Å². The second kappa shape index (κ2) is 3.74. The third-order valence-corrected chi connectivity index (χ3v) is 2.32. The number of aliphatic hydroxyl groups excluding tert-OH is 1. The Kier molecular flexibility index (Phi) is 2.43. The smallest absolute Gasteiger partial charge is 0.128 e. The van der Waals surface area contributed by atoms with E-state index in [1.807, 2.05) is 30.3 Å². The van der Waals surface area contributed by atoms with Gasteiger partial charge in [0, 0.05) is 11.6 Å². The van der Waals surface area contributed by atoms with Crippen LogP contribution in [0, 0.1) is 0 Å². The molecule has 1 atom stereocenters. The minimum absolute atomic E-state index is 0.480. The van der Waals surface area contributed by atoms with Gasteiger partial charge >= 0.3 is 0 Å². The summed E-state index contributed by atoms with van der Waals surface area (Å²) in [5.74, 6) is 0. The molecule has 1 heterocycles. The van der Waals surface area contributed by atoms with Gasteiger partial charge in [0.1, 0.15) is 12.6 Å². The molecule has 0 spiro atoms. The molecule has 72 valence electrons. The van der Waals surface area contributed by atoms with Gasteiger partial charge in [0.15, 0.2) is 0 Å². The fourth-order valence-electron chi connectivity index (χ4n) is 1.56. The number of pyridine rings is 1. The molecule has 0 saturated carbocycles. The van der Waals surface area contributed by atoms with Crippen molar-refractivity contribution in [3.63, 3.8) is 0 Å². The van der Waals surface area contributed by atoms with E-state index in [0.717, 1.165) is 16.5 Å². The van der Waals surface area contributed by atoms with Crippen molar-refractivity contribution in [3.8, 4) is 0 Å². The fourth-order valence-corrected chi connectivity index (χ4v) is 1.56. The van der Waals surface area contributed by atoms with Crippen LogP contribution in [0.2, 0.25) is 0 Å². The normalized spacial score (nSPS) is 13.0. The monoisotopic (exact) mass is 189 g/mol. The molecule has 0 radical (unpaired) electrons. The van der Waals surface area contributed by atoms with Crippen LogP contribution in [-0.4, -0.2) is 16.6 Å². The van der Waals surface area contributed by atoms with Gasteiger partial charge in [-0.25, -0.2) is 0 Å². The first-order valence-corrected chi connectivity index (χ1v) is 4.64. The van der Waals surface area contributed by atoms with Gasteiger partial charge in [0.2, 0.25) is 0 Å². The van der Waals surface area contributed by atoms with Crippen LogP contribution < -0.4 is 5.73 Å². The highest BCUT2D eigenvalue weighted by atomic mass is 16.3. The number of rotatable bonds is 2. The number of fused-ring (bicyclic) bond motifs is 1. The predicted molar refractivity (Wildman–Crippen MR) is 54.5 cm³/mol. The fraction of sp³-hybridized carbons (Fsp3) is 0.182. The molecule has 2 aromatic rings. The third kappa shape index (κ3) is 1.47. The Labute approximate surface area is 82.2 Å². The summed E-state index contributed by atoms with van der Waals surface area (Å²) < 4.78 is 0. The van der Waals surface area contributed by atoms with E-state index in [0.29, 0.717) is 6.54 Å². The van der Waals surface area contributed by atoms with Crippen LogP contribution >= 0.6 is 0 Å². The largest absolute Gasteiger partial charge is 0.382 e. The van der Waals surface area contributed by atoms with E-state index < -0.39 is 6.10 Å². The summed E-state index contributed by atoms with van der Waals surface area (Å²) in [5.41, 5.74) is 5.52. The highest BCUT2D eigenvalue weighted by molar-refractivity contribution is 5.82. The second-order valence-electron chi connectivity index (χ2n) is 3.22. The molecule has 0 unspecified atom stereocenters. The van der Waals surface area contributed by atoms with Gasteiger partial charge in [0.05, 0.1) is 5.52 Å². The Morgan fingerprint density at radius 2 is 2.07 bits per heavy atom. The maximum Gasteiger partial charge on any atom is 0.128 e. The van der Waals surface area contributed by atoms with Crippen LogP contribution in [0.15, 0.2) is 36.5 Å². The maximum absolute atomic E-state index is 9.74. The standard InChI is InChI=1S/C11H12N2O/c12-7-11(14)9-5-6-13-10-4-2-1-3-8(9)10/h1-6,11,14H,7,12H2/p+1/t11-/m1/s1. The first-order chi connectivity index (χ1) is 6.83. The summed E-state index contributed by atoms with van der Waals surface area (Å²) in [4.78, 5) is 4.23. The van der Waals surface area contributed by atoms with Gasteiger partial charge < -0.3 is 10.8 Å². The highest BCUT2D eigenvalue weighted by Crippen LogP contribution is 2.21. The molecular weight excluding hydrogens is 176 g/mol. The molecule has 1 aromatic heterocycles. The molecule has 2 rings (SSSR count). The summed E-state index contributed by atoms with van der Waals surface area (Å²) in [5, 5.41) is 10.7. The minimum atomic E-state index is -0.497. The predicted octanol–water partition coefficient (Wildman–Crippen LogP) is 0.510. The molecule has 0 bridgehead atoms. The van der Waals surface area contributed by atoms with Gasteiger partial charge in [0.25, 0.3) is 0 Å². The lowest BCUT2D eigenvalue weighted by atomic mass is 10.0. The van der Waals surface area contributed by atoms with Gasteiger partial charge in [-0.3, -0.25) is 4.98 Å². The number of nitrogens with zero attached hydrogens (tertiary/aromatic N) is 1. The maximum atomic E-state index is 9.74. The summed E-state index contributed by atoms with van der Waals surface area (Å²) in [7, 11) is 0. The lowest BCUT2D eigenvalue weighted by Crippen LogP contribution is -2.52. The van der Waals surface area contributed by atoms with Crippen molar-refractivity contribution in [1.82, 2.24) is 4.98 Å². The highest BCUT2D eigenvalue weighted by Gasteiger charge is 2.10. The molecule has 3 nitrogen and oxygen atoms in total. The Bertz CT molecular complexity index is 437. The van der Waals surface area contributed by atoms with E-state index in [1.54, 1.807) is 6.20 Å². The van der Waals surface area contributed by atoms with Crippen molar-refractivity contribution in [1.29, 1.82) is 0 Å². The number of benzene rings is 1. The zero-order chi connectivity index (χ0) is 9.97. The number of quaternary nitrogens is 1. The quantitative estimate of drug-likeness (QED) is 0.723. The molecule has 3 heteroatoms. The lowest BCUT2D eigenvalue weighted by Gasteiger charge is -2.08. The minimum Gasteiger partial charge on any atom is -0.382 e. The van der Waals surface area contributed by atoms with Crippen LogP contribution in [0.3, 0.4) is 0 Å². The van der Waals surface area contributed by atoms with Crippen LogP contribution in [0.25, 0.3) is 10.9 Å². The van der Waals surface area contributed by atoms with E-state index in [9.17, 15) is 5.11 Å². The molecular formula is C11H13N2O+. The first kappa shape index (κ1) is 9.12. The molecule has 4 N–H and O–H groups in total. The van der Waals surface area contributed by atoms with Crippen LogP contribution in [0.5, 0.6) is 0 Å². The molecule has 0 saturated heterocycles. The average molecular weight is 189 g/mol. The molecule has 0 aliphatic rings. The van der Waals surface area contributed by atoms with Gasteiger partial charge in [-0.1, -0.05) is 18.2 Å². The summed E-state index contributed by atoms with van der Waals surface area (Å²) >= 11 is 0. The third-order valence-electron chi connectivity index (χ3n) is 2.32. The van der Waals surface area contributed by atoms with Crippen molar-refractivity contribution in [2.24, 2.45) is 0 Å². The van der Waals surface area contributed by atoms with E-state index in [1.165, 1.54) is 0 Å². The number of aromatic nitrogens is 1. The van der Waals surface area contributed by atoms with Crippen molar-refractivity contribution >= 4 is 10.9 Å². The van der Waals surface area contributed by atoms with Gasteiger partial charge in [-0.2, -0.15) is 0 Å². The Balaban J connectivity index is 2.65. The zero-order valence-corrected chi connectivity index (χ0v) is 7.85. The van der Waals surface area contributed by atoms with Crippen LogP contribution in [-0.2, 0) is 0 Å². The van der Waals surface area contributed by atoms with E-state index in [2.05, 4.69) is 10.7 Å². The van der Waals surface area contributed by atoms with Crippen LogP contribution in [0.1, 0.15) is 11.7 Å². The van der Waals surface area contributed by atoms with Crippen molar-refractivity contribution in [3.05, 3.63) is 42.1 Å². The summed E-state index contributed by atoms with van der Waals surface area (Å²) in [6, 6.07) is 9.64. The molecule has 0 aliphatic heterocycles. The molecule has 14 heavy (non-hydrogen) atoms. The first-order valence-electron chi connectivity index (χ1n) is 4.64. The van der Waals surface area contributed by atoms with E-state index in [4.69, 9.17) is 0 Å². The van der Waals surface area contributed by atoms with Crippen molar-refractivity contribution in [2.75, 3.05) is 6.54 Å². The molecule has 1 aromatic carbocycles. The summed E-state index contributed by atoms with van der Waals surface area (Å²) in [6.07, 6.45) is 1.22. The average Bonchev–Trinajstić information content (AvgIpc) is 2.27. The lowest BCUT2D eigenvalue weighted by molar-refractivity contribution is -0.385. The number of para-hydroxylation sites is 1. The second-order valence-corrected chi connectivity index (χ2v) is 3.22. The topological polar surface area (TPSA) is 60.8 Å². The van der Waals surface area contributed by atoms with Gasteiger partial charge in [-0.05, 0) is 17.7 Å². The molecule has 0 aliphatic carbocycles. The molecule has 0 fully saturated rings. The number of hydrogen-bond donors (Lipinski definition) is 2. The number of aliphatic hydroxyl groups is 1. The van der Waals surface area contributed by atoms with Crippen molar-refractivity contribution < 1.29 is 10.8 Å². The van der Waals surface area contributed by atoms with Crippen molar-refractivity contribution in [2.45, 2.75) is 6.10 Å². The SMILES string of the molecule is [NH3+]C[C@@H](O)c1ccnc2ccccc12. The molecule has 0 amide bonds. The Morgan fingerprint density at radius 1 is 1.29 bits per heavy atom. The Morgan fingerprint density at radius 3 is 2.86 bits per heavy atom. The zero-order valence-electron chi connectivity index (χ0n) is 7.85. The van der Waals surface area contributed by atoms with E-state index in [-0.39, 0.29) is 0 Å². The Hall–Kier alpha value is -1.45. The summed E-state index contributed by atoms with van der Waals surface area (Å²) in [6.45, 7) is 0.480.